The first kappa shape index (κ1) is 13.9. The third-order valence-electron chi connectivity index (χ3n) is 3.17. The van der Waals surface area contributed by atoms with Crippen molar-refractivity contribution in [2.45, 2.75) is 20.8 Å². The van der Waals surface area contributed by atoms with Gasteiger partial charge in [-0.2, -0.15) is 0 Å². The smallest absolute Gasteiger partial charge is 0.137 e. The zero-order valence-electron chi connectivity index (χ0n) is 12.0. The number of anilines is 1. The maximum atomic E-state index is 8.02. The van der Waals surface area contributed by atoms with E-state index in [4.69, 9.17) is 11.1 Å². The number of nitrogens with zero attached hydrogens (tertiary/aromatic N) is 1. The van der Waals surface area contributed by atoms with Crippen LogP contribution < -0.4 is 11.1 Å². The Morgan fingerprint density at radius 2 is 2.10 bits per heavy atom. The number of nitrogens with two attached hydrogens (primary N) is 1. The van der Waals surface area contributed by atoms with Crippen LogP contribution in [0.2, 0.25) is 0 Å². The molecule has 20 heavy (non-hydrogen) atoms. The summed E-state index contributed by atoms with van der Waals surface area (Å²) in [7, 11) is 0. The molecule has 0 unspecified atom stereocenters. The summed E-state index contributed by atoms with van der Waals surface area (Å²) in [5, 5.41) is 12.1. The third-order valence-corrected chi connectivity index (χ3v) is 3.17. The minimum atomic E-state index is 0.301. The topological polar surface area (TPSA) is 90.6 Å². The van der Waals surface area contributed by atoms with Gasteiger partial charge in [-0.1, -0.05) is 6.58 Å². The Labute approximate surface area is 118 Å². The van der Waals surface area contributed by atoms with E-state index in [1.54, 1.807) is 13.1 Å². The molecule has 0 aliphatic carbocycles. The van der Waals surface area contributed by atoms with Crippen LogP contribution in [0.4, 0.5) is 5.69 Å². The number of hydrogen-bond acceptors (Lipinski definition) is 4. The highest BCUT2D eigenvalue weighted by Gasteiger charge is 2.08. The second-order valence-electron chi connectivity index (χ2n) is 4.90. The van der Waals surface area contributed by atoms with Crippen molar-refractivity contribution >= 4 is 22.4 Å². The van der Waals surface area contributed by atoms with Crippen LogP contribution in [0.15, 0.2) is 41.9 Å². The van der Waals surface area contributed by atoms with Crippen LogP contribution in [0.1, 0.15) is 19.5 Å². The lowest BCUT2D eigenvalue weighted by molar-refractivity contribution is 1.24. The quantitative estimate of drug-likeness (QED) is 0.643. The van der Waals surface area contributed by atoms with Crippen LogP contribution in [0, 0.1) is 12.3 Å². The molecule has 0 bridgehead atoms. The van der Waals surface area contributed by atoms with Gasteiger partial charge in [-0.05, 0) is 38.5 Å². The van der Waals surface area contributed by atoms with Gasteiger partial charge in [0, 0.05) is 16.8 Å². The molecule has 0 amide bonds. The van der Waals surface area contributed by atoms with Crippen molar-refractivity contribution in [3.05, 3.63) is 47.6 Å². The highest BCUT2D eigenvalue weighted by molar-refractivity contribution is 6.11. The number of hydrogen-bond donors (Lipinski definition) is 4. The summed E-state index contributed by atoms with van der Waals surface area (Å²) in [5.41, 5.74) is 10.5. The Kier molecular flexibility index (Phi) is 3.61. The van der Waals surface area contributed by atoms with Crippen molar-refractivity contribution in [1.29, 1.82) is 5.41 Å². The SMILES string of the molecule is C=C(Nc1cnc2[nH]c(C)cc2c1)C(=N)C(C)=C(C)N. The number of aromatic nitrogens is 2. The van der Waals surface area contributed by atoms with E-state index in [1.165, 1.54) is 0 Å². The van der Waals surface area contributed by atoms with Crippen molar-refractivity contribution in [3.8, 4) is 0 Å². The fourth-order valence-corrected chi connectivity index (χ4v) is 1.88. The summed E-state index contributed by atoms with van der Waals surface area (Å²) in [4.78, 5) is 7.50. The molecule has 2 aromatic rings. The van der Waals surface area contributed by atoms with Crippen molar-refractivity contribution in [2.75, 3.05) is 5.32 Å². The van der Waals surface area contributed by atoms with E-state index in [2.05, 4.69) is 21.9 Å². The maximum absolute atomic E-state index is 8.02. The molecule has 0 aromatic carbocycles. The Hall–Kier alpha value is -2.56. The zero-order valence-corrected chi connectivity index (χ0v) is 12.0. The first-order chi connectivity index (χ1) is 9.38. The van der Waals surface area contributed by atoms with Crippen molar-refractivity contribution < 1.29 is 0 Å². The van der Waals surface area contributed by atoms with Gasteiger partial charge in [-0.25, -0.2) is 4.98 Å². The molecular formula is C15H19N5. The molecule has 2 rings (SSSR count). The molecule has 5 nitrogen and oxygen atoms in total. The molecule has 2 heterocycles. The van der Waals surface area contributed by atoms with Crippen LogP contribution in [0.25, 0.3) is 11.0 Å². The zero-order chi connectivity index (χ0) is 14.9. The second kappa shape index (κ2) is 5.21. The molecular weight excluding hydrogens is 250 g/mol. The van der Waals surface area contributed by atoms with E-state index in [0.717, 1.165) is 22.4 Å². The molecule has 0 radical (unpaired) electrons. The van der Waals surface area contributed by atoms with E-state index in [0.29, 0.717) is 22.7 Å². The summed E-state index contributed by atoms with van der Waals surface area (Å²) in [6.45, 7) is 9.44. The highest BCUT2D eigenvalue weighted by Crippen LogP contribution is 2.19. The molecule has 0 aliphatic heterocycles. The number of H-pyrrole nitrogens is 1. The monoisotopic (exact) mass is 269 g/mol. The molecule has 5 heteroatoms. The predicted molar refractivity (Wildman–Crippen MR) is 83.9 cm³/mol. The number of fused-ring (bicyclic) bond motifs is 1. The van der Waals surface area contributed by atoms with Crippen molar-refractivity contribution in [2.24, 2.45) is 5.73 Å². The minimum Gasteiger partial charge on any atom is -0.402 e. The van der Waals surface area contributed by atoms with Crippen molar-refractivity contribution in [1.82, 2.24) is 9.97 Å². The van der Waals surface area contributed by atoms with Gasteiger partial charge in [0.1, 0.15) is 5.65 Å². The van der Waals surface area contributed by atoms with E-state index in [-0.39, 0.29) is 0 Å². The van der Waals surface area contributed by atoms with E-state index < -0.39 is 0 Å². The average Bonchev–Trinajstić information content (AvgIpc) is 2.76. The van der Waals surface area contributed by atoms with Crippen LogP contribution in [-0.2, 0) is 0 Å². The number of pyridine rings is 1. The number of aromatic amines is 1. The summed E-state index contributed by atoms with van der Waals surface area (Å²) in [6, 6.07) is 4.00. The molecule has 104 valence electrons. The first-order valence-corrected chi connectivity index (χ1v) is 6.32. The number of aryl methyl sites for hydroxylation is 1. The van der Waals surface area contributed by atoms with Crippen LogP contribution >= 0.6 is 0 Å². The molecule has 0 atom stereocenters. The lowest BCUT2D eigenvalue weighted by Gasteiger charge is -2.12. The Bertz CT molecular complexity index is 717. The first-order valence-electron chi connectivity index (χ1n) is 6.32. The minimum absolute atomic E-state index is 0.301. The molecule has 5 N–H and O–H groups in total. The maximum Gasteiger partial charge on any atom is 0.137 e. The van der Waals surface area contributed by atoms with Gasteiger partial charge in [0.05, 0.1) is 23.3 Å². The third kappa shape index (κ3) is 2.71. The molecule has 0 saturated carbocycles. The number of nitrogens with one attached hydrogen (secondary N) is 3. The van der Waals surface area contributed by atoms with Crippen molar-refractivity contribution in [3.63, 3.8) is 0 Å². The number of rotatable bonds is 4. The number of allylic oxidation sites excluding steroid dienone is 2. The predicted octanol–water partition coefficient (Wildman–Crippen LogP) is 3.07. The van der Waals surface area contributed by atoms with Gasteiger partial charge in [-0.15, -0.1) is 0 Å². The van der Waals surface area contributed by atoms with E-state index in [9.17, 15) is 0 Å². The Morgan fingerprint density at radius 3 is 2.75 bits per heavy atom. The largest absolute Gasteiger partial charge is 0.402 e. The second-order valence-corrected chi connectivity index (χ2v) is 4.90. The molecule has 2 aromatic heterocycles. The highest BCUT2D eigenvalue weighted by atomic mass is 14.9. The molecule has 0 saturated heterocycles. The van der Waals surface area contributed by atoms with Crippen LogP contribution in [0.5, 0.6) is 0 Å². The normalized spacial score (nSPS) is 12.2. The fraction of sp³-hybridized carbons (Fsp3) is 0.200. The van der Waals surface area contributed by atoms with Gasteiger partial charge in [-0.3, -0.25) is 5.41 Å². The van der Waals surface area contributed by atoms with E-state index in [1.807, 2.05) is 26.0 Å². The molecule has 0 spiro atoms. The summed E-state index contributed by atoms with van der Waals surface area (Å²) in [6.07, 6.45) is 1.71. The fourth-order valence-electron chi connectivity index (χ4n) is 1.88. The lowest BCUT2D eigenvalue weighted by Crippen LogP contribution is -2.13. The van der Waals surface area contributed by atoms with E-state index >= 15 is 0 Å². The van der Waals surface area contributed by atoms with Crippen LogP contribution in [0.3, 0.4) is 0 Å². The Morgan fingerprint density at radius 1 is 1.40 bits per heavy atom. The molecule has 0 fully saturated rings. The standard InChI is InChI=1S/C15H19N5/c1-8-5-12-6-13(7-18-15(12)19-8)20-11(4)14(17)9(2)10(3)16/h5-7,17,20H,4,16H2,1-3H3,(H,18,19). The van der Waals surface area contributed by atoms with Gasteiger partial charge >= 0.3 is 0 Å². The Balaban J connectivity index is 2.21. The lowest BCUT2D eigenvalue weighted by atomic mass is 10.1. The average molecular weight is 269 g/mol. The summed E-state index contributed by atoms with van der Waals surface area (Å²) >= 11 is 0. The molecule has 0 aliphatic rings. The summed E-state index contributed by atoms with van der Waals surface area (Å²) in [5.74, 6) is 0. The van der Waals surface area contributed by atoms with Gasteiger partial charge in [0.15, 0.2) is 0 Å². The van der Waals surface area contributed by atoms with Gasteiger partial charge in [0.25, 0.3) is 0 Å². The summed E-state index contributed by atoms with van der Waals surface area (Å²) < 4.78 is 0. The van der Waals surface area contributed by atoms with Gasteiger partial charge in [0.2, 0.25) is 0 Å². The van der Waals surface area contributed by atoms with Gasteiger partial charge < -0.3 is 16.0 Å². The van der Waals surface area contributed by atoms with Crippen LogP contribution in [-0.4, -0.2) is 15.7 Å².